The SMILES string of the molecule is Cn1ccnc1[C@@H](NC(=O)c1cc(Cl)ccc1F)c1ccccc1F. The maximum atomic E-state index is 14.3. The smallest absolute Gasteiger partial charge is 0.255 e. The van der Waals surface area contributed by atoms with E-state index < -0.39 is 23.6 Å². The van der Waals surface area contributed by atoms with Gasteiger partial charge in [0.1, 0.15) is 23.5 Å². The van der Waals surface area contributed by atoms with E-state index in [-0.39, 0.29) is 16.1 Å². The number of aryl methyl sites for hydroxylation is 1. The van der Waals surface area contributed by atoms with Crippen molar-refractivity contribution >= 4 is 17.5 Å². The van der Waals surface area contributed by atoms with Crippen LogP contribution in [0.1, 0.15) is 27.8 Å². The molecule has 3 aromatic rings. The minimum absolute atomic E-state index is 0.219. The lowest BCUT2D eigenvalue weighted by atomic mass is 10.0. The lowest BCUT2D eigenvalue weighted by Gasteiger charge is -2.20. The Balaban J connectivity index is 2.01. The summed E-state index contributed by atoms with van der Waals surface area (Å²) in [6.45, 7) is 0. The summed E-state index contributed by atoms with van der Waals surface area (Å²) in [6.07, 6.45) is 3.21. The van der Waals surface area contributed by atoms with Crippen molar-refractivity contribution in [2.45, 2.75) is 6.04 Å². The Labute approximate surface area is 148 Å². The molecule has 0 fully saturated rings. The number of rotatable bonds is 4. The van der Waals surface area contributed by atoms with Crippen LogP contribution < -0.4 is 5.32 Å². The van der Waals surface area contributed by atoms with Gasteiger partial charge in [-0.05, 0) is 24.3 Å². The molecule has 0 aliphatic carbocycles. The predicted molar refractivity (Wildman–Crippen MR) is 90.3 cm³/mol. The van der Waals surface area contributed by atoms with Gasteiger partial charge < -0.3 is 9.88 Å². The molecular weight excluding hydrogens is 348 g/mol. The van der Waals surface area contributed by atoms with Crippen molar-refractivity contribution in [1.29, 1.82) is 0 Å². The molecule has 1 heterocycles. The standard InChI is InChI=1S/C18H14ClF2N3O/c1-24-9-8-22-17(24)16(12-4-2-3-5-14(12)20)23-18(25)13-10-11(19)6-7-15(13)21/h2-10,16H,1H3,(H,23,25)/t16-/m0/s1. The Morgan fingerprint density at radius 2 is 1.96 bits per heavy atom. The molecule has 0 saturated carbocycles. The Kier molecular flexibility index (Phi) is 4.81. The molecule has 0 saturated heterocycles. The second-order valence-corrected chi connectivity index (χ2v) is 5.88. The van der Waals surface area contributed by atoms with E-state index in [9.17, 15) is 13.6 Å². The molecular formula is C18H14ClF2N3O. The number of amides is 1. The fraction of sp³-hybridized carbons (Fsp3) is 0.111. The van der Waals surface area contributed by atoms with Gasteiger partial charge in [-0.3, -0.25) is 4.79 Å². The first kappa shape index (κ1) is 17.1. The van der Waals surface area contributed by atoms with Crippen molar-refractivity contribution in [3.05, 3.63) is 88.5 Å². The molecule has 128 valence electrons. The number of carbonyl (C=O) groups excluding carboxylic acids is 1. The lowest BCUT2D eigenvalue weighted by Crippen LogP contribution is -2.32. The number of nitrogens with zero attached hydrogens (tertiary/aromatic N) is 2. The van der Waals surface area contributed by atoms with E-state index >= 15 is 0 Å². The summed E-state index contributed by atoms with van der Waals surface area (Å²) in [6, 6.07) is 8.83. The molecule has 7 heteroatoms. The third kappa shape index (κ3) is 3.53. The molecule has 0 aliphatic rings. The van der Waals surface area contributed by atoms with Gasteiger partial charge >= 0.3 is 0 Å². The Bertz CT molecular complexity index is 926. The molecule has 1 amide bonds. The number of hydrogen-bond acceptors (Lipinski definition) is 2. The van der Waals surface area contributed by atoms with Gasteiger partial charge in [-0.1, -0.05) is 29.8 Å². The topological polar surface area (TPSA) is 46.9 Å². The summed E-state index contributed by atoms with van der Waals surface area (Å²) in [7, 11) is 1.72. The van der Waals surface area contributed by atoms with Gasteiger partial charge in [-0.25, -0.2) is 13.8 Å². The van der Waals surface area contributed by atoms with E-state index in [4.69, 9.17) is 11.6 Å². The third-order valence-corrected chi connectivity index (χ3v) is 4.02. The Hall–Kier alpha value is -2.73. The highest BCUT2D eigenvalue weighted by molar-refractivity contribution is 6.31. The van der Waals surface area contributed by atoms with E-state index in [1.165, 1.54) is 24.4 Å². The van der Waals surface area contributed by atoms with Crippen LogP contribution in [0.15, 0.2) is 54.9 Å². The van der Waals surface area contributed by atoms with Crippen LogP contribution in [0.5, 0.6) is 0 Å². The number of imidazole rings is 1. The molecule has 0 aliphatic heterocycles. The summed E-state index contributed by atoms with van der Waals surface area (Å²) in [5.41, 5.74) is 0.00985. The summed E-state index contributed by atoms with van der Waals surface area (Å²) >= 11 is 5.84. The number of hydrogen-bond donors (Lipinski definition) is 1. The van der Waals surface area contributed by atoms with Crippen molar-refractivity contribution in [3.63, 3.8) is 0 Å². The van der Waals surface area contributed by atoms with Crippen molar-refractivity contribution < 1.29 is 13.6 Å². The summed E-state index contributed by atoms with van der Waals surface area (Å²) in [5, 5.41) is 2.87. The highest BCUT2D eigenvalue weighted by Gasteiger charge is 2.25. The third-order valence-electron chi connectivity index (χ3n) is 3.78. The monoisotopic (exact) mass is 361 g/mol. The molecule has 1 N–H and O–H groups in total. The molecule has 25 heavy (non-hydrogen) atoms. The van der Waals surface area contributed by atoms with Crippen LogP contribution in [0, 0.1) is 11.6 Å². The number of benzene rings is 2. The van der Waals surface area contributed by atoms with E-state index in [1.807, 2.05) is 0 Å². The number of halogens is 3. The summed E-state index contributed by atoms with van der Waals surface area (Å²) in [5.74, 6) is -1.51. The summed E-state index contributed by atoms with van der Waals surface area (Å²) in [4.78, 5) is 16.7. The van der Waals surface area contributed by atoms with Gasteiger partial charge in [0, 0.05) is 30.0 Å². The molecule has 0 unspecified atom stereocenters. The summed E-state index contributed by atoms with van der Waals surface area (Å²) < 4.78 is 29.9. The fourth-order valence-electron chi connectivity index (χ4n) is 2.53. The predicted octanol–water partition coefficient (Wildman–Crippen LogP) is 3.87. The highest BCUT2D eigenvalue weighted by atomic mass is 35.5. The Morgan fingerprint density at radius 1 is 1.20 bits per heavy atom. The van der Waals surface area contributed by atoms with Crippen molar-refractivity contribution in [3.8, 4) is 0 Å². The molecule has 2 aromatic carbocycles. The van der Waals surface area contributed by atoms with E-state index in [2.05, 4.69) is 10.3 Å². The zero-order chi connectivity index (χ0) is 18.0. The number of carbonyl (C=O) groups is 1. The second kappa shape index (κ2) is 7.03. The molecule has 0 spiro atoms. The van der Waals surface area contributed by atoms with Crippen LogP contribution in [-0.4, -0.2) is 15.5 Å². The molecule has 0 bridgehead atoms. The van der Waals surface area contributed by atoms with Gasteiger partial charge in [-0.2, -0.15) is 0 Å². The van der Waals surface area contributed by atoms with Gasteiger partial charge in [0.15, 0.2) is 0 Å². The van der Waals surface area contributed by atoms with Crippen LogP contribution >= 0.6 is 11.6 Å². The van der Waals surface area contributed by atoms with E-state index in [1.54, 1.807) is 36.0 Å². The first-order valence-corrected chi connectivity index (χ1v) is 7.82. The van der Waals surface area contributed by atoms with Crippen LogP contribution in [0.4, 0.5) is 8.78 Å². The minimum Gasteiger partial charge on any atom is -0.338 e. The zero-order valence-corrected chi connectivity index (χ0v) is 14.0. The fourth-order valence-corrected chi connectivity index (χ4v) is 2.70. The number of aromatic nitrogens is 2. The normalized spacial score (nSPS) is 12.0. The maximum Gasteiger partial charge on any atom is 0.255 e. The second-order valence-electron chi connectivity index (χ2n) is 5.45. The molecule has 1 atom stereocenters. The molecule has 0 radical (unpaired) electrons. The molecule has 3 rings (SSSR count). The minimum atomic E-state index is -0.882. The van der Waals surface area contributed by atoms with Crippen LogP contribution in [-0.2, 0) is 7.05 Å². The van der Waals surface area contributed by atoms with E-state index in [0.717, 1.165) is 6.07 Å². The van der Waals surface area contributed by atoms with Crippen LogP contribution in [0.3, 0.4) is 0 Å². The van der Waals surface area contributed by atoms with Gasteiger partial charge in [-0.15, -0.1) is 0 Å². The molecule has 4 nitrogen and oxygen atoms in total. The first-order chi connectivity index (χ1) is 12.0. The van der Waals surface area contributed by atoms with Crippen molar-refractivity contribution in [2.75, 3.05) is 0 Å². The van der Waals surface area contributed by atoms with Crippen molar-refractivity contribution in [2.24, 2.45) is 7.05 Å². The van der Waals surface area contributed by atoms with Crippen LogP contribution in [0.2, 0.25) is 5.02 Å². The highest BCUT2D eigenvalue weighted by Crippen LogP contribution is 2.24. The first-order valence-electron chi connectivity index (χ1n) is 7.45. The lowest BCUT2D eigenvalue weighted by molar-refractivity contribution is 0.0936. The molecule has 1 aromatic heterocycles. The average molecular weight is 362 g/mol. The van der Waals surface area contributed by atoms with Gasteiger partial charge in [0.2, 0.25) is 0 Å². The van der Waals surface area contributed by atoms with Crippen LogP contribution in [0.25, 0.3) is 0 Å². The van der Waals surface area contributed by atoms with Crippen molar-refractivity contribution in [1.82, 2.24) is 14.9 Å². The zero-order valence-electron chi connectivity index (χ0n) is 13.2. The van der Waals surface area contributed by atoms with Gasteiger partial charge in [0.25, 0.3) is 5.91 Å². The quantitative estimate of drug-likeness (QED) is 0.766. The van der Waals surface area contributed by atoms with Gasteiger partial charge in [0.05, 0.1) is 5.56 Å². The van der Waals surface area contributed by atoms with E-state index in [0.29, 0.717) is 5.82 Å². The number of nitrogens with one attached hydrogen (secondary N) is 1. The largest absolute Gasteiger partial charge is 0.338 e. The average Bonchev–Trinajstić information content (AvgIpc) is 3.01. The maximum absolute atomic E-state index is 14.3. The Morgan fingerprint density at radius 3 is 2.64 bits per heavy atom.